The molecule has 12 heteroatoms. The number of morpholine rings is 1. The molecule has 3 rings (SSSR count). The fourth-order valence-electron chi connectivity index (χ4n) is 3.76. The van der Waals surface area contributed by atoms with E-state index in [0.717, 1.165) is 26.1 Å². The van der Waals surface area contributed by atoms with Gasteiger partial charge in [0.25, 0.3) is 0 Å². The number of benzene rings is 1. The molecule has 1 aromatic rings. The Bertz CT molecular complexity index is 935. The number of amides is 2. The van der Waals surface area contributed by atoms with Gasteiger partial charge in [0.1, 0.15) is 12.0 Å². The molecular formula is C21H32N4O7S. The second-order valence-electron chi connectivity index (χ2n) is 7.85. The maximum atomic E-state index is 13.1. The molecule has 1 atom stereocenters. The van der Waals surface area contributed by atoms with Crippen LogP contribution in [-0.2, 0) is 29.1 Å². The van der Waals surface area contributed by atoms with Crippen LogP contribution in [0, 0.1) is 6.92 Å². The fourth-order valence-corrected chi connectivity index (χ4v) is 5.35. The number of rotatable bonds is 9. The summed E-state index contributed by atoms with van der Waals surface area (Å²) in [5.74, 6) is -0.990. The third-order valence-electron chi connectivity index (χ3n) is 5.60. The van der Waals surface area contributed by atoms with Gasteiger partial charge in [-0.25, -0.2) is 8.42 Å². The topological polar surface area (TPSA) is 127 Å². The number of nitrogens with one attached hydrogen (secondary N) is 2. The van der Waals surface area contributed by atoms with Gasteiger partial charge in [0.2, 0.25) is 10.0 Å². The first-order chi connectivity index (χ1) is 15.8. The van der Waals surface area contributed by atoms with E-state index in [2.05, 4.69) is 15.5 Å². The molecule has 0 unspecified atom stereocenters. The normalized spacial score (nSPS) is 19.9. The lowest BCUT2D eigenvalue weighted by molar-refractivity contribution is -0.139. The minimum absolute atomic E-state index is 0.112. The molecule has 2 N–H and O–H groups in total. The summed E-state index contributed by atoms with van der Waals surface area (Å²) in [6, 6.07) is 4.60. The Morgan fingerprint density at radius 2 is 1.85 bits per heavy atom. The molecule has 2 heterocycles. The lowest BCUT2D eigenvalue weighted by Crippen LogP contribution is -2.47. The molecule has 0 bridgehead atoms. The van der Waals surface area contributed by atoms with Gasteiger partial charge in [-0.05, 0) is 43.7 Å². The maximum absolute atomic E-state index is 13.1. The zero-order valence-corrected chi connectivity index (χ0v) is 19.9. The van der Waals surface area contributed by atoms with E-state index in [9.17, 15) is 18.0 Å². The second kappa shape index (κ2) is 11.7. The van der Waals surface area contributed by atoms with Gasteiger partial charge in [-0.1, -0.05) is 0 Å². The average Bonchev–Trinajstić information content (AvgIpc) is 3.30. The summed E-state index contributed by atoms with van der Waals surface area (Å²) in [6.45, 7) is 6.33. The van der Waals surface area contributed by atoms with Crippen molar-refractivity contribution in [2.45, 2.75) is 24.5 Å². The van der Waals surface area contributed by atoms with Crippen molar-refractivity contribution in [3.63, 3.8) is 0 Å². The lowest BCUT2D eigenvalue weighted by Gasteiger charge is -2.26. The van der Waals surface area contributed by atoms with E-state index in [0.29, 0.717) is 31.1 Å². The molecule has 1 aromatic carbocycles. The van der Waals surface area contributed by atoms with Gasteiger partial charge in [0.05, 0.1) is 38.4 Å². The molecule has 0 radical (unpaired) electrons. The van der Waals surface area contributed by atoms with E-state index >= 15 is 0 Å². The van der Waals surface area contributed by atoms with Gasteiger partial charge in [-0.3, -0.25) is 14.5 Å². The van der Waals surface area contributed by atoms with E-state index in [-0.39, 0.29) is 24.6 Å². The van der Waals surface area contributed by atoms with Crippen molar-refractivity contribution in [1.82, 2.24) is 19.8 Å². The summed E-state index contributed by atoms with van der Waals surface area (Å²) >= 11 is 0. The smallest absolute Gasteiger partial charge is 0.309 e. The SMILES string of the molecule is COc1ccc(S(=O)(=O)N2CCO[C@H]2CNC(=O)C(=O)NCCCN2CCOCC2)cc1C. The number of ether oxygens (including phenoxy) is 3. The van der Waals surface area contributed by atoms with Crippen LogP contribution < -0.4 is 15.4 Å². The Labute approximate surface area is 194 Å². The van der Waals surface area contributed by atoms with Gasteiger partial charge in [0.15, 0.2) is 0 Å². The highest BCUT2D eigenvalue weighted by atomic mass is 32.2. The highest BCUT2D eigenvalue weighted by Gasteiger charge is 2.37. The van der Waals surface area contributed by atoms with Crippen LogP contribution in [0.1, 0.15) is 12.0 Å². The first kappa shape index (κ1) is 25.4. The molecule has 33 heavy (non-hydrogen) atoms. The predicted molar refractivity (Wildman–Crippen MR) is 119 cm³/mol. The van der Waals surface area contributed by atoms with Crippen LogP contribution in [0.15, 0.2) is 23.1 Å². The Balaban J connectivity index is 1.47. The van der Waals surface area contributed by atoms with Crippen molar-refractivity contribution in [1.29, 1.82) is 0 Å². The lowest BCUT2D eigenvalue weighted by atomic mass is 10.2. The second-order valence-corrected chi connectivity index (χ2v) is 9.74. The molecule has 2 fully saturated rings. The number of sulfonamides is 1. The Kier molecular flexibility index (Phi) is 9.03. The van der Waals surface area contributed by atoms with Crippen LogP contribution in [0.2, 0.25) is 0 Å². The van der Waals surface area contributed by atoms with Crippen LogP contribution in [0.3, 0.4) is 0 Å². The van der Waals surface area contributed by atoms with E-state index < -0.39 is 28.1 Å². The third kappa shape index (κ3) is 6.64. The van der Waals surface area contributed by atoms with E-state index in [1.165, 1.54) is 23.5 Å². The van der Waals surface area contributed by atoms with Crippen LogP contribution in [0.5, 0.6) is 5.75 Å². The number of carbonyl (C=O) groups is 2. The quantitative estimate of drug-likeness (QED) is 0.348. The van der Waals surface area contributed by atoms with Gasteiger partial charge >= 0.3 is 11.8 Å². The first-order valence-corrected chi connectivity index (χ1v) is 12.4. The summed E-state index contributed by atoms with van der Waals surface area (Å²) in [5, 5.41) is 5.06. The van der Waals surface area contributed by atoms with Crippen LogP contribution in [-0.4, -0.2) is 102 Å². The minimum Gasteiger partial charge on any atom is -0.496 e. The number of carbonyl (C=O) groups excluding carboxylic acids is 2. The highest BCUT2D eigenvalue weighted by molar-refractivity contribution is 7.89. The van der Waals surface area contributed by atoms with Crippen LogP contribution in [0.4, 0.5) is 0 Å². The zero-order valence-electron chi connectivity index (χ0n) is 19.0. The number of nitrogens with zero attached hydrogens (tertiary/aromatic N) is 2. The maximum Gasteiger partial charge on any atom is 0.309 e. The zero-order chi connectivity index (χ0) is 23.8. The molecule has 184 valence electrons. The van der Waals surface area contributed by atoms with Crippen molar-refractivity contribution < 1.29 is 32.2 Å². The van der Waals surface area contributed by atoms with E-state index in [1.54, 1.807) is 13.0 Å². The van der Waals surface area contributed by atoms with Crippen LogP contribution in [0.25, 0.3) is 0 Å². The van der Waals surface area contributed by atoms with Gasteiger partial charge in [-0.2, -0.15) is 4.31 Å². The van der Waals surface area contributed by atoms with Crippen molar-refractivity contribution in [2.24, 2.45) is 0 Å². The standard InChI is InChI=1S/C21H32N4O7S/c1-16-14-17(4-5-18(16)30-2)33(28,29)25-10-13-32-19(25)15-23-21(27)20(26)22-6-3-7-24-8-11-31-12-9-24/h4-5,14,19H,3,6-13,15H2,1-2H3,(H,22,26)(H,23,27)/t19-/m0/s1. The van der Waals surface area contributed by atoms with Crippen molar-refractivity contribution in [2.75, 3.05) is 66.2 Å². The van der Waals surface area contributed by atoms with Gasteiger partial charge in [0, 0.05) is 26.2 Å². The molecule has 2 amide bonds. The predicted octanol–water partition coefficient (Wildman–Crippen LogP) is -0.695. The summed E-state index contributed by atoms with van der Waals surface area (Å²) < 4.78 is 43.3. The molecule has 0 aromatic heterocycles. The van der Waals surface area contributed by atoms with Gasteiger partial charge in [-0.15, -0.1) is 0 Å². The molecule has 2 aliphatic rings. The molecule has 0 saturated carbocycles. The molecule has 11 nitrogen and oxygen atoms in total. The number of hydrogen-bond acceptors (Lipinski definition) is 8. The van der Waals surface area contributed by atoms with E-state index in [4.69, 9.17) is 14.2 Å². The Morgan fingerprint density at radius 3 is 2.55 bits per heavy atom. The monoisotopic (exact) mass is 484 g/mol. The molecular weight excluding hydrogens is 452 g/mol. The fraction of sp³-hybridized carbons (Fsp3) is 0.619. The molecule has 2 aliphatic heterocycles. The summed E-state index contributed by atoms with van der Waals surface area (Å²) in [7, 11) is -2.33. The Hall–Kier alpha value is -2.25. The largest absolute Gasteiger partial charge is 0.496 e. The summed E-state index contributed by atoms with van der Waals surface area (Å²) in [5.41, 5.74) is 0.689. The van der Waals surface area contributed by atoms with Crippen molar-refractivity contribution in [3.05, 3.63) is 23.8 Å². The minimum atomic E-state index is -3.84. The highest BCUT2D eigenvalue weighted by Crippen LogP contribution is 2.26. The first-order valence-electron chi connectivity index (χ1n) is 11.0. The number of methoxy groups -OCH3 is 1. The summed E-state index contributed by atoms with van der Waals surface area (Å²) in [6.07, 6.45) is -0.173. The van der Waals surface area contributed by atoms with E-state index in [1.807, 2.05) is 0 Å². The van der Waals surface area contributed by atoms with Gasteiger partial charge < -0.3 is 24.8 Å². The molecule has 0 aliphatic carbocycles. The Morgan fingerprint density at radius 1 is 1.12 bits per heavy atom. The summed E-state index contributed by atoms with van der Waals surface area (Å²) in [4.78, 5) is 26.6. The number of hydrogen-bond donors (Lipinski definition) is 2. The van der Waals surface area contributed by atoms with Crippen molar-refractivity contribution >= 4 is 21.8 Å². The van der Waals surface area contributed by atoms with Crippen molar-refractivity contribution in [3.8, 4) is 5.75 Å². The number of aryl methyl sites for hydroxylation is 1. The molecule has 2 saturated heterocycles. The third-order valence-corrected chi connectivity index (χ3v) is 7.48. The van der Waals surface area contributed by atoms with Crippen LogP contribution >= 0.6 is 0 Å². The molecule has 0 spiro atoms. The average molecular weight is 485 g/mol.